The van der Waals surface area contributed by atoms with Gasteiger partial charge in [-0.3, -0.25) is 4.79 Å². The van der Waals surface area contributed by atoms with E-state index in [1.165, 1.54) is 0 Å². The molecule has 0 aliphatic rings. The van der Waals surface area contributed by atoms with Crippen LogP contribution < -0.4 is 10.2 Å². The Morgan fingerprint density at radius 1 is 1.04 bits per heavy atom. The molecule has 0 aromatic heterocycles. The second kappa shape index (κ2) is 9.14. The van der Waals surface area contributed by atoms with Crippen molar-refractivity contribution in [2.45, 2.75) is 13.5 Å². The summed E-state index contributed by atoms with van der Waals surface area (Å²) in [5, 5.41) is 4.02. The molecule has 0 aliphatic heterocycles. The number of hydrazone groups is 1. The van der Waals surface area contributed by atoms with E-state index in [0.29, 0.717) is 12.2 Å². The van der Waals surface area contributed by atoms with Gasteiger partial charge < -0.3 is 4.74 Å². The maximum atomic E-state index is 12.1. The highest BCUT2D eigenvalue weighted by Crippen LogP contribution is 2.15. The van der Waals surface area contributed by atoms with E-state index in [1.54, 1.807) is 12.3 Å². The molecule has 0 unspecified atom stereocenters. The lowest BCUT2D eigenvalue weighted by molar-refractivity contribution is 0.0954. The fourth-order valence-corrected chi connectivity index (χ4v) is 2.72. The fourth-order valence-electron chi connectivity index (χ4n) is 2.45. The summed E-state index contributed by atoms with van der Waals surface area (Å²) in [7, 11) is 0. The highest BCUT2D eigenvalue weighted by molar-refractivity contribution is 9.10. The van der Waals surface area contributed by atoms with Gasteiger partial charge in [0.25, 0.3) is 5.91 Å². The average Bonchev–Trinajstić information content (AvgIpc) is 2.69. The van der Waals surface area contributed by atoms with E-state index in [-0.39, 0.29) is 5.91 Å². The largest absolute Gasteiger partial charge is 0.489 e. The van der Waals surface area contributed by atoms with E-state index in [4.69, 9.17) is 4.74 Å². The first-order chi connectivity index (χ1) is 13.1. The average molecular weight is 423 g/mol. The molecule has 0 saturated heterocycles. The maximum absolute atomic E-state index is 12.1. The molecule has 1 N–H and O–H groups in total. The molecule has 3 aromatic rings. The van der Waals surface area contributed by atoms with Gasteiger partial charge in [-0.25, -0.2) is 5.43 Å². The van der Waals surface area contributed by atoms with Gasteiger partial charge in [-0.1, -0.05) is 46.3 Å². The molecule has 3 aromatic carbocycles. The van der Waals surface area contributed by atoms with Crippen molar-refractivity contribution in [1.82, 2.24) is 5.43 Å². The predicted molar refractivity (Wildman–Crippen MR) is 111 cm³/mol. The maximum Gasteiger partial charge on any atom is 0.271 e. The van der Waals surface area contributed by atoms with Crippen molar-refractivity contribution in [2.75, 3.05) is 0 Å². The van der Waals surface area contributed by atoms with Crippen molar-refractivity contribution in [3.05, 3.63) is 99.5 Å². The van der Waals surface area contributed by atoms with E-state index in [1.807, 2.05) is 73.7 Å². The van der Waals surface area contributed by atoms with Crippen LogP contribution in [0.3, 0.4) is 0 Å². The lowest BCUT2D eigenvalue weighted by Gasteiger charge is -2.06. The summed E-state index contributed by atoms with van der Waals surface area (Å²) in [6.45, 7) is 2.40. The predicted octanol–water partition coefficient (Wildman–Crippen LogP) is 5.10. The summed E-state index contributed by atoms with van der Waals surface area (Å²) >= 11 is 3.42. The van der Waals surface area contributed by atoms with Crippen LogP contribution in [0.25, 0.3) is 0 Å². The smallest absolute Gasteiger partial charge is 0.271 e. The number of ether oxygens (including phenoxy) is 1. The second-order valence-electron chi connectivity index (χ2n) is 6.00. The van der Waals surface area contributed by atoms with Crippen molar-refractivity contribution in [1.29, 1.82) is 0 Å². The minimum Gasteiger partial charge on any atom is -0.489 e. The lowest BCUT2D eigenvalue weighted by atomic mass is 10.1. The third-order valence-electron chi connectivity index (χ3n) is 3.97. The first kappa shape index (κ1) is 18.9. The zero-order valence-electron chi connectivity index (χ0n) is 14.9. The molecule has 0 fully saturated rings. The molecule has 27 heavy (non-hydrogen) atoms. The third-order valence-corrected chi connectivity index (χ3v) is 4.50. The van der Waals surface area contributed by atoms with Gasteiger partial charge in [0.05, 0.1) is 6.21 Å². The van der Waals surface area contributed by atoms with Crippen molar-refractivity contribution in [3.63, 3.8) is 0 Å². The lowest BCUT2D eigenvalue weighted by Crippen LogP contribution is -2.18. The van der Waals surface area contributed by atoms with Crippen LogP contribution in [0.4, 0.5) is 0 Å². The molecule has 0 spiro atoms. The van der Waals surface area contributed by atoms with Gasteiger partial charge in [0.15, 0.2) is 0 Å². The monoisotopic (exact) mass is 422 g/mol. The van der Waals surface area contributed by atoms with Crippen LogP contribution in [0, 0.1) is 6.92 Å². The minimum atomic E-state index is -0.223. The van der Waals surface area contributed by atoms with Crippen LogP contribution in [0.15, 0.2) is 82.4 Å². The Morgan fingerprint density at radius 2 is 1.74 bits per heavy atom. The Labute approximate surface area is 167 Å². The van der Waals surface area contributed by atoms with Gasteiger partial charge in [0.1, 0.15) is 12.4 Å². The summed E-state index contributed by atoms with van der Waals surface area (Å²) in [4.78, 5) is 12.1. The number of hydrogen-bond acceptors (Lipinski definition) is 3. The van der Waals surface area contributed by atoms with Gasteiger partial charge in [-0.05, 0) is 66.1 Å². The first-order valence-corrected chi connectivity index (χ1v) is 9.27. The van der Waals surface area contributed by atoms with Gasteiger partial charge in [-0.15, -0.1) is 0 Å². The van der Waals surface area contributed by atoms with Crippen LogP contribution >= 0.6 is 15.9 Å². The second-order valence-corrected chi connectivity index (χ2v) is 6.91. The Bertz CT molecular complexity index is 935. The molecule has 3 rings (SSSR count). The number of carbonyl (C=O) groups is 1. The summed E-state index contributed by atoms with van der Waals surface area (Å²) in [5.41, 5.74) is 6.05. The fraction of sp³-hybridized carbons (Fsp3) is 0.0909. The van der Waals surface area contributed by atoms with Crippen LogP contribution in [0.2, 0.25) is 0 Å². The number of amides is 1. The molecular weight excluding hydrogens is 404 g/mol. The van der Waals surface area contributed by atoms with Gasteiger partial charge in [0, 0.05) is 10.0 Å². The minimum absolute atomic E-state index is 0.223. The number of benzene rings is 3. The molecule has 0 atom stereocenters. The van der Waals surface area contributed by atoms with Crippen LogP contribution in [-0.2, 0) is 6.61 Å². The van der Waals surface area contributed by atoms with Gasteiger partial charge in [0.2, 0.25) is 0 Å². The number of nitrogens with one attached hydrogen (secondary N) is 1. The highest BCUT2D eigenvalue weighted by atomic mass is 79.9. The number of carbonyl (C=O) groups excluding carboxylic acids is 1. The Morgan fingerprint density at radius 3 is 2.44 bits per heavy atom. The SMILES string of the molecule is Cc1ccccc1C(=O)N/N=C\c1ccc(OCc2ccc(Br)cc2)cc1. The quantitative estimate of drug-likeness (QED) is 0.443. The molecule has 0 saturated carbocycles. The van der Waals surface area contributed by atoms with E-state index < -0.39 is 0 Å². The van der Waals surface area contributed by atoms with Crippen molar-refractivity contribution < 1.29 is 9.53 Å². The molecular formula is C22H19BrN2O2. The number of nitrogens with zero attached hydrogens (tertiary/aromatic N) is 1. The molecule has 1 amide bonds. The third kappa shape index (κ3) is 5.53. The Kier molecular flexibility index (Phi) is 6.39. The Hall–Kier alpha value is -2.92. The standard InChI is InChI=1S/C22H19BrN2O2/c1-16-4-2-3-5-21(16)22(26)25-24-14-17-8-12-20(13-9-17)27-15-18-6-10-19(23)11-7-18/h2-14H,15H2,1H3,(H,25,26)/b24-14-. The van der Waals surface area contributed by atoms with Crippen molar-refractivity contribution in [3.8, 4) is 5.75 Å². The molecule has 136 valence electrons. The molecule has 5 heteroatoms. The van der Waals surface area contributed by atoms with Gasteiger partial charge >= 0.3 is 0 Å². The number of rotatable bonds is 6. The summed E-state index contributed by atoms with van der Waals surface area (Å²) in [6, 6.07) is 22.9. The topological polar surface area (TPSA) is 50.7 Å². The zero-order valence-corrected chi connectivity index (χ0v) is 16.4. The number of aryl methyl sites for hydroxylation is 1. The summed E-state index contributed by atoms with van der Waals surface area (Å²) in [6.07, 6.45) is 1.61. The number of halogens is 1. The highest BCUT2D eigenvalue weighted by Gasteiger charge is 2.06. The Balaban J connectivity index is 1.52. The van der Waals surface area contributed by atoms with Crippen molar-refractivity contribution >= 4 is 28.1 Å². The molecule has 0 radical (unpaired) electrons. The summed E-state index contributed by atoms with van der Waals surface area (Å²) < 4.78 is 6.82. The zero-order chi connectivity index (χ0) is 19.1. The molecule has 0 aliphatic carbocycles. The van der Waals surface area contributed by atoms with E-state index in [2.05, 4.69) is 26.5 Å². The molecule has 0 bridgehead atoms. The normalized spacial score (nSPS) is 10.7. The van der Waals surface area contributed by atoms with E-state index in [9.17, 15) is 4.79 Å². The van der Waals surface area contributed by atoms with Crippen LogP contribution in [-0.4, -0.2) is 12.1 Å². The first-order valence-electron chi connectivity index (χ1n) is 8.48. The number of hydrogen-bond donors (Lipinski definition) is 1. The van der Waals surface area contributed by atoms with Crippen LogP contribution in [0.5, 0.6) is 5.75 Å². The van der Waals surface area contributed by atoms with E-state index in [0.717, 1.165) is 26.9 Å². The molecule has 0 heterocycles. The summed E-state index contributed by atoms with van der Waals surface area (Å²) in [5.74, 6) is 0.554. The molecule has 4 nitrogen and oxygen atoms in total. The van der Waals surface area contributed by atoms with Crippen molar-refractivity contribution in [2.24, 2.45) is 5.10 Å². The van der Waals surface area contributed by atoms with Crippen LogP contribution in [0.1, 0.15) is 27.0 Å². The van der Waals surface area contributed by atoms with Gasteiger partial charge in [-0.2, -0.15) is 5.10 Å². The van der Waals surface area contributed by atoms with E-state index >= 15 is 0 Å².